The van der Waals surface area contributed by atoms with Crippen molar-refractivity contribution in [3.05, 3.63) is 23.5 Å². The normalized spacial score (nSPS) is 11.7. The third-order valence-corrected chi connectivity index (χ3v) is 2.06. The van der Waals surface area contributed by atoms with Crippen LogP contribution in [0.5, 0.6) is 5.75 Å². The lowest BCUT2D eigenvalue weighted by Gasteiger charge is -2.14. The van der Waals surface area contributed by atoms with Gasteiger partial charge in [-0.25, -0.2) is 4.98 Å². The minimum Gasteiger partial charge on any atom is -0.479 e. The Bertz CT molecular complexity index is 404. The molecule has 0 aliphatic heterocycles. The van der Waals surface area contributed by atoms with Crippen molar-refractivity contribution >= 4 is 12.2 Å². The molecule has 1 amide bonds. The van der Waals surface area contributed by atoms with E-state index in [1.807, 2.05) is 0 Å². The molecule has 1 atom stereocenters. The third kappa shape index (κ3) is 2.79. The first kappa shape index (κ1) is 12.2. The minimum absolute atomic E-state index is 0.204. The molecule has 1 unspecified atom stereocenters. The summed E-state index contributed by atoms with van der Waals surface area (Å²) in [6.45, 7) is 3.38. The average molecular weight is 222 g/mol. The fraction of sp³-hybridized carbons (Fsp3) is 0.364. The highest BCUT2D eigenvalue weighted by Crippen LogP contribution is 2.16. The molecule has 0 bridgehead atoms. The number of carbonyl (C=O) groups excluding carboxylic acids is 2. The molecule has 0 aliphatic rings. The molecule has 1 aromatic rings. The van der Waals surface area contributed by atoms with E-state index in [1.54, 1.807) is 26.0 Å². The highest BCUT2D eigenvalue weighted by atomic mass is 16.5. The number of hydrogen-bond acceptors (Lipinski definition) is 4. The van der Waals surface area contributed by atoms with Crippen LogP contribution in [0.4, 0.5) is 0 Å². The van der Waals surface area contributed by atoms with Crippen LogP contribution >= 0.6 is 0 Å². The Morgan fingerprint density at radius 1 is 1.56 bits per heavy atom. The van der Waals surface area contributed by atoms with Crippen LogP contribution in [0.3, 0.4) is 0 Å². The molecule has 0 spiro atoms. The third-order valence-electron chi connectivity index (χ3n) is 2.06. The predicted molar refractivity (Wildman–Crippen MR) is 58.5 cm³/mol. The average Bonchev–Trinajstić information content (AvgIpc) is 2.30. The fourth-order valence-electron chi connectivity index (χ4n) is 1.20. The van der Waals surface area contributed by atoms with Gasteiger partial charge in [0.1, 0.15) is 11.4 Å². The lowest BCUT2D eigenvalue weighted by atomic mass is 10.3. The van der Waals surface area contributed by atoms with Gasteiger partial charge in [-0.15, -0.1) is 0 Å². The van der Waals surface area contributed by atoms with Gasteiger partial charge in [0.25, 0.3) is 5.91 Å². The Morgan fingerprint density at radius 3 is 2.81 bits per heavy atom. The summed E-state index contributed by atoms with van der Waals surface area (Å²) in [6.07, 6.45) is -0.0490. The summed E-state index contributed by atoms with van der Waals surface area (Å²) in [6, 6.07) is 3.35. The van der Waals surface area contributed by atoms with Crippen molar-refractivity contribution in [1.82, 2.24) is 10.3 Å². The summed E-state index contributed by atoms with van der Waals surface area (Å²) in [5, 5.41) is 2.46. The molecule has 0 aromatic carbocycles. The van der Waals surface area contributed by atoms with Gasteiger partial charge in [0.2, 0.25) is 0 Å². The zero-order valence-electron chi connectivity index (χ0n) is 9.48. The van der Waals surface area contributed by atoms with Crippen LogP contribution < -0.4 is 10.1 Å². The van der Waals surface area contributed by atoms with Crippen LogP contribution in [0.25, 0.3) is 0 Å². The molecule has 0 radical (unpaired) electrons. The zero-order valence-corrected chi connectivity index (χ0v) is 9.48. The van der Waals surface area contributed by atoms with E-state index in [1.165, 1.54) is 7.05 Å². The van der Waals surface area contributed by atoms with Crippen LogP contribution in [0.2, 0.25) is 0 Å². The first-order valence-electron chi connectivity index (χ1n) is 4.89. The Balaban J connectivity index is 2.88. The standard InChI is InChI=1S/C11H14N2O3/c1-7-4-5-10(9(6-14)13-7)16-8(2)11(15)12-3/h4-6,8H,1-3H3,(H,12,15). The Hall–Kier alpha value is -1.91. The van der Waals surface area contributed by atoms with E-state index in [0.29, 0.717) is 12.0 Å². The highest BCUT2D eigenvalue weighted by Gasteiger charge is 2.15. The van der Waals surface area contributed by atoms with Crippen LogP contribution in [0.15, 0.2) is 12.1 Å². The van der Waals surface area contributed by atoms with Crippen LogP contribution in [-0.4, -0.2) is 30.3 Å². The number of rotatable bonds is 4. The molecule has 5 heteroatoms. The lowest BCUT2D eigenvalue weighted by Crippen LogP contribution is -2.34. The Morgan fingerprint density at radius 2 is 2.25 bits per heavy atom. The van der Waals surface area contributed by atoms with E-state index in [4.69, 9.17) is 4.74 Å². The first-order chi connectivity index (χ1) is 7.58. The number of carbonyl (C=O) groups is 2. The number of amides is 1. The second-order valence-electron chi connectivity index (χ2n) is 3.33. The molecular weight excluding hydrogens is 208 g/mol. The summed E-state index contributed by atoms with van der Waals surface area (Å²) < 4.78 is 5.34. The summed E-state index contributed by atoms with van der Waals surface area (Å²) in [7, 11) is 1.52. The topological polar surface area (TPSA) is 68.3 Å². The van der Waals surface area contributed by atoms with Crippen LogP contribution in [0, 0.1) is 6.92 Å². The van der Waals surface area contributed by atoms with Crippen LogP contribution in [-0.2, 0) is 4.79 Å². The number of pyridine rings is 1. The van der Waals surface area contributed by atoms with Gasteiger partial charge in [0.15, 0.2) is 12.4 Å². The second kappa shape index (κ2) is 5.25. The minimum atomic E-state index is -0.659. The highest BCUT2D eigenvalue weighted by molar-refractivity contribution is 5.81. The molecule has 1 N–H and O–H groups in total. The van der Waals surface area contributed by atoms with E-state index in [0.717, 1.165) is 5.69 Å². The van der Waals surface area contributed by atoms with Gasteiger partial charge in [-0.1, -0.05) is 0 Å². The molecule has 86 valence electrons. The maximum Gasteiger partial charge on any atom is 0.260 e. The van der Waals surface area contributed by atoms with Crippen molar-refractivity contribution < 1.29 is 14.3 Å². The van der Waals surface area contributed by atoms with Gasteiger partial charge in [-0.3, -0.25) is 9.59 Å². The van der Waals surface area contributed by atoms with Crippen molar-refractivity contribution in [3.63, 3.8) is 0 Å². The molecular formula is C11H14N2O3. The Labute approximate surface area is 93.8 Å². The van der Waals surface area contributed by atoms with E-state index in [-0.39, 0.29) is 11.6 Å². The molecule has 1 heterocycles. The van der Waals surface area contributed by atoms with Crippen molar-refractivity contribution in [2.45, 2.75) is 20.0 Å². The van der Waals surface area contributed by atoms with Gasteiger partial charge in [0, 0.05) is 12.7 Å². The van der Waals surface area contributed by atoms with E-state index < -0.39 is 6.10 Å². The number of aromatic nitrogens is 1. The maximum atomic E-state index is 11.2. The van der Waals surface area contributed by atoms with Crippen molar-refractivity contribution in [3.8, 4) is 5.75 Å². The predicted octanol–water partition coefficient (Wildman–Crippen LogP) is 0.716. The van der Waals surface area contributed by atoms with Gasteiger partial charge in [0.05, 0.1) is 0 Å². The quantitative estimate of drug-likeness (QED) is 0.762. The number of aldehydes is 1. The number of aryl methyl sites for hydroxylation is 1. The van der Waals surface area contributed by atoms with E-state index in [2.05, 4.69) is 10.3 Å². The summed E-state index contributed by atoms with van der Waals surface area (Å²) in [5.41, 5.74) is 0.929. The molecule has 0 fully saturated rings. The maximum absolute atomic E-state index is 11.2. The molecule has 1 rings (SSSR count). The van der Waals surface area contributed by atoms with Gasteiger partial charge in [-0.05, 0) is 26.0 Å². The summed E-state index contributed by atoms with van der Waals surface area (Å²) in [4.78, 5) is 26.0. The number of hydrogen-bond donors (Lipinski definition) is 1. The zero-order chi connectivity index (χ0) is 12.1. The molecule has 0 saturated heterocycles. The van der Waals surface area contributed by atoms with Gasteiger partial charge < -0.3 is 10.1 Å². The van der Waals surface area contributed by atoms with E-state index in [9.17, 15) is 9.59 Å². The molecule has 5 nitrogen and oxygen atoms in total. The molecule has 1 aromatic heterocycles. The molecule has 0 aliphatic carbocycles. The van der Waals surface area contributed by atoms with Crippen molar-refractivity contribution in [2.75, 3.05) is 7.05 Å². The number of nitrogens with zero attached hydrogens (tertiary/aromatic N) is 1. The van der Waals surface area contributed by atoms with Crippen molar-refractivity contribution in [2.24, 2.45) is 0 Å². The second-order valence-corrected chi connectivity index (χ2v) is 3.33. The number of ether oxygens (including phenoxy) is 1. The summed E-state index contributed by atoms with van der Waals surface area (Å²) in [5.74, 6) is 0.0640. The van der Waals surface area contributed by atoms with Crippen molar-refractivity contribution in [1.29, 1.82) is 0 Å². The number of likely N-dealkylation sites (N-methyl/N-ethyl adjacent to an activating group) is 1. The molecule has 0 saturated carbocycles. The first-order valence-corrected chi connectivity index (χ1v) is 4.89. The largest absolute Gasteiger partial charge is 0.479 e. The smallest absolute Gasteiger partial charge is 0.260 e. The van der Waals surface area contributed by atoms with E-state index >= 15 is 0 Å². The number of nitrogens with one attached hydrogen (secondary N) is 1. The SMILES string of the molecule is CNC(=O)C(C)Oc1ccc(C)nc1C=O. The summed E-state index contributed by atoms with van der Waals surface area (Å²) >= 11 is 0. The van der Waals surface area contributed by atoms with Crippen LogP contribution in [0.1, 0.15) is 23.1 Å². The van der Waals surface area contributed by atoms with Gasteiger partial charge >= 0.3 is 0 Å². The monoisotopic (exact) mass is 222 g/mol. The fourth-order valence-corrected chi connectivity index (χ4v) is 1.20. The Kier molecular flexibility index (Phi) is 3.99. The van der Waals surface area contributed by atoms with Gasteiger partial charge in [-0.2, -0.15) is 0 Å². The lowest BCUT2D eigenvalue weighted by molar-refractivity contribution is -0.126. The molecule has 16 heavy (non-hydrogen) atoms.